The molecule has 0 aliphatic carbocycles. The molecular weight excluding hydrogens is 272 g/mol. The van der Waals surface area contributed by atoms with Gasteiger partial charge in [-0.2, -0.15) is 0 Å². The molecular formula is C15H24N2O4. The molecule has 2 aliphatic heterocycles. The predicted molar refractivity (Wildman–Crippen MR) is 76.6 cm³/mol. The number of carbonyl (C=O) groups is 3. The van der Waals surface area contributed by atoms with Crippen LogP contribution in [-0.2, 0) is 14.4 Å². The van der Waals surface area contributed by atoms with Crippen molar-refractivity contribution in [1.29, 1.82) is 0 Å². The summed E-state index contributed by atoms with van der Waals surface area (Å²) in [5.74, 6) is -0.968. The Morgan fingerprint density at radius 1 is 1.29 bits per heavy atom. The van der Waals surface area contributed by atoms with E-state index >= 15 is 0 Å². The largest absolute Gasteiger partial charge is 0.481 e. The molecule has 6 heteroatoms. The molecule has 21 heavy (non-hydrogen) atoms. The van der Waals surface area contributed by atoms with Crippen LogP contribution in [0.4, 0.5) is 0 Å². The molecule has 2 saturated heterocycles. The molecule has 2 amide bonds. The number of piperidine rings is 1. The van der Waals surface area contributed by atoms with Crippen molar-refractivity contribution in [3.8, 4) is 0 Å². The zero-order chi connectivity index (χ0) is 15.6. The number of likely N-dealkylation sites (N-methyl/N-ethyl adjacent to an activating group) is 1. The molecule has 0 aromatic heterocycles. The average Bonchev–Trinajstić information content (AvgIpc) is 2.74. The molecule has 2 heterocycles. The van der Waals surface area contributed by atoms with E-state index in [2.05, 4.69) is 0 Å². The molecule has 118 valence electrons. The minimum absolute atomic E-state index is 0.115. The van der Waals surface area contributed by atoms with E-state index in [-0.39, 0.29) is 24.3 Å². The molecule has 6 nitrogen and oxygen atoms in total. The highest BCUT2D eigenvalue weighted by Gasteiger charge is 2.46. The van der Waals surface area contributed by atoms with Crippen LogP contribution in [0.5, 0.6) is 0 Å². The number of carbonyl (C=O) groups excluding carboxylic acids is 2. The standard InChI is InChI=1S/C15H24N2O4/c1-3-5-15(14(20)21)6-8-16(9-7-15)11-10-12(18)17(4-2)13(11)19/h11H,3-10H2,1-2H3,(H,20,21). The van der Waals surface area contributed by atoms with Gasteiger partial charge in [-0.1, -0.05) is 13.3 Å². The fourth-order valence-corrected chi connectivity index (χ4v) is 3.60. The fraction of sp³-hybridized carbons (Fsp3) is 0.800. The second-order valence-corrected chi connectivity index (χ2v) is 6.07. The maximum absolute atomic E-state index is 12.2. The quantitative estimate of drug-likeness (QED) is 0.769. The Kier molecular flexibility index (Phi) is 4.66. The molecule has 0 bridgehead atoms. The zero-order valence-corrected chi connectivity index (χ0v) is 12.8. The Hall–Kier alpha value is -1.43. The molecule has 2 aliphatic rings. The summed E-state index contributed by atoms with van der Waals surface area (Å²) >= 11 is 0. The van der Waals surface area contributed by atoms with Crippen LogP contribution in [-0.4, -0.2) is 58.4 Å². The lowest BCUT2D eigenvalue weighted by Crippen LogP contribution is -2.50. The number of nitrogens with zero attached hydrogens (tertiary/aromatic N) is 2. The number of carboxylic acid groups (broad SMARTS) is 1. The van der Waals surface area contributed by atoms with Crippen molar-refractivity contribution in [3.05, 3.63) is 0 Å². The molecule has 0 aromatic carbocycles. The number of aliphatic carboxylic acids is 1. The van der Waals surface area contributed by atoms with Gasteiger partial charge < -0.3 is 5.11 Å². The minimum atomic E-state index is -0.729. The van der Waals surface area contributed by atoms with Crippen molar-refractivity contribution in [2.75, 3.05) is 19.6 Å². The lowest BCUT2D eigenvalue weighted by atomic mass is 9.74. The lowest BCUT2D eigenvalue weighted by molar-refractivity contribution is -0.153. The van der Waals surface area contributed by atoms with Gasteiger partial charge in [-0.05, 0) is 26.2 Å². The zero-order valence-electron chi connectivity index (χ0n) is 12.8. The predicted octanol–water partition coefficient (Wildman–Crippen LogP) is 1.10. The van der Waals surface area contributed by atoms with Crippen molar-refractivity contribution in [1.82, 2.24) is 9.80 Å². The lowest BCUT2D eigenvalue weighted by Gasteiger charge is -2.40. The third-order valence-electron chi connectivity index (χ3n) is 4.91. The van der Waals surface area contributed by atoms with Gasteiger partial charge in [0.15, 0.2) is 0 Å². The van der Waals surface area contributed by atoms with Gasteiger partial charge in [0.25, 0.3) is 0 Å². The van der Waals surface area contributed by atoms with Crippen LogP contribution in [0.25, 0.3) is 0 Å². The molecule has 1 unspecified atom stereocenters. The van der Waals surface area contributed by atoms with Gasteiger partial charge in [-0.3, -0.25) is 24.2 Å². The fourth-order valence-electron chi connectivity index (χ4n) is 3.60. The van der Waals surface area contributed by atoms with Crippen LogP contribution in [0.2, 0.25) is 0 Å². The van der Waals surface area contributed by atoms with Gasteiger partial charge in [-0.15, -0.1) is 0 Å². The number of carboxylic acids is 1. The van der Waals surface area contributed by atoms with E-state index in [4.69, 9.17) is 0 Å². The van der Waals surface area contributed by atoms with Gasteiger partial charge in [0, 0.05) is 19.6 Å². The molecule has 0 aromatic rings. The third-order valence-corrected chi connectivity index (χ3v) is 4.91. The first-order valence-corrected chi connectivity index (χ1v) is 7.77. The van der Waals surface area contributed by atoms with Gasteiger partial charge >= 0.3 is 5.97 Å². The van der Waals surface area contributed by atoms with Gasteiger partial charge in [-0.25, -0.2) is 0 Å². The summed E-state index contributed by atoms with van der Waals surface area (Å²) in [6.45, 7) is 5.36. The van der Waals surface area contributed by atoms with Crippen molar-refractivity contribution in [2.45, 2.75) is 52.0 Å². The molecule has 0 radical (unpaired) electrons. The Morgan fingerprint density at radius 3 is 2.33 bits per heavy atom. The number of likely N-dealkylation sites (tertiary alicyclic amines) is 2. The first kappa shape index (κ1) is 15.9. The first-order valence-electron chi connectivity index (χ1n) is 7.77. The highest BCUT2D eigenvalue weighted by molar-refractivity contribution is 6.05. The summed E-state index contributed by atoms with van der Waals surface area (Å²) in [7, 11) is 0. The van der Waals surface area contributed by atoms with Crippen LogP contribution in [0, 0.1) is 5.41 Å². The molecule has 2 fully saturated rings. The number of hydrogen-bond acceptors (Lipinski definition) is 4. The highest BCUT2D eigenvalue weighted by atomic mass is 16.4. The van der Waals surface area contributed by atoms with Crippen molar-refractivity contribution in [3.63, 3.8) is 0 Å². The topological polar surface area (TPSA) is 77.9 Å². The maximum Gasteiger partial charge on any atom is 0.309 e. The molecule has 1 N–H and O–H groups in total. The molecule has 0 spiro atoms. The van der Waals surface area contributed by atoms with Gasteiger partial charge in [0.2, 0.25) is 11.8 Å². The molecule has 1 atom stereocenters. The SMILES string of the molecule is CCCC1(C(=O)O)CCN(C2CC(=O)N(CC)C2=O)CC1. The highest BCUT2D eigenvalue weighted by Crippen LogP contribution is 2.38. The average molecular weight is 296 g/mol. The van der Waals surface area contributed by atoms with E-state index in [1.165, 1.54) is 4.90 Å². The molecule has 2 rings (SSSR count). The normalized spacial score (nSPS) is 26.4. The number of rotatable bonds is 5. The number of hydrogen-bond donors (Lipinski definition) is 1. The number of imide groups is 1. The van der Waals surface area contributed by atoms with E-state index in [0.29, 0.717) is 38.9 Å². The van der Waals surface area contributed by atoms with Crippen LogP contribution in [0.3, 0.4) is 0 Å². The Balaban J connectivity index is 2.03. The first-order chi connectivity index (χ1) is 9.95. The molecule has 0 saturated carbocycles. The minimum Gasteiger partial charge on any atom is -0.481 e. The summed E-state index contributed by atoms with van der Waals surface area (Å²) in [4.78, 5) is 38.9. The van der Waals surface area contributed by atoms with E-state index in [1.54, 1.807) is 6.92 Å². The maximum atomic E-state index is 12.2. The Morgan fingerprint density at radius 2 is 1.90 bits per heavy atom. The van der Waals surface area contributed by atoms with Crippen molar-refractivity contribution < 1.29 is 19.5 Å². The van der Waals surface area contributed by atoms with E-state index in [9.17, 15) is 19.5 Å². The second-order valence-electron chi connectivity index (χ2n) is 6.07. The van der Waals surface area contributed by atoms with Crippen LogP contribution in [0.15, 0.2) is 0 Å². The van der Waals surface area contributed by atoms with Crippen molar-refractivity contribution >= 4 is 17.8 Å². The Labute approximate surface area is 125 Å². The summed E-state index contributed by atoms with van der Waals surface area (Å²) in [6.07, 6.45) is 2.87. The van der Waals surface area contributed by atoms with E-state index in [1.807, 2.05) is 11.8 Å². The Bertz CT molecular complexity index is 441. The van der Waals surface area contributed by atoms with Crippen molar-refractivity contribution in [2.24, 2.45) is 5.41 Å². The van der Waals surface area contributed by atoms with Crippen LogP contribution >= 0.6 is 0 Å². The van der Waals surface area contributed by atoms with Gasteiger partial charge in [0.1, 0.15) is 0 Å². The third kappa shape index (κ3) is 2.81. The van der Waals surface area contributed by atoms with Crippen LogP contribution < -0.4 is 0 Å². The summed E-state index contributed by atoms with van der Waals surface area (Å²) < 4.78 is 0. The van der Waals surface area contributed by atoms with Gasteiger partial charge in [0.05, 0.1) is 17.9 Å². The number of amides is 2. The smallest absolute Gasteiger partial charge is 0.309 e. The van der Waals surface area contributed by atoms with E-state index < -0.39 is 11.4 Å². The van der Waals surface area contributed by atoms with E-state index in [0.717, 1.165) is 6.42 Å². The monoisotopic (exact) mass is 296 g/mol. The van der Waals surface area contributed by atoms with Crippen LogP contribution in [0.1, 0.15) is 46.0 Å². The second kappa shape index (κ2) is 6.13. The summed E-state index contributed by atoms with van der Waals surface area (Å²) in [5.41, 5.74) is -0.651. The summed E-state index contributed by atoms with van der Waals surface area (Å²) in [6, 6.07) is -0.383. The summed E-state index contributed by atoms with van der Waals surface area (Å²) in [5, 5.41) is 9.50.